The van der Waals surface area contributed by atoms with Gasteiger partial charge >= 0.3 is 0 Å². The summed E-state index contributed by atoms with van der Waals surface area (Å²) >= 11 is 1.14. The van der Waals surface area contributed by atoms with Gasteiger partial charge in [-0.15, -0.1) is 0 Å². The second kappa shape index (κ2) is 5.11. The third kappa shape index (κ3) is 3.51. The molecule has 0 bridgehead atoms. The Balaban J connectivity index is 2.83. The van der Waals surface area contributed by atoms with E-state index >= 15 is 0 Å². The number of hydrogen-bond donors (Lipinski definition) is 0. The largest absolute Gasteiger partial charge is 0.549 e. The first-order chi connectivity index (χ1) is 7.02. The zero-order chi connectivity index (χ0) is 11.4. The molecule has 4 nitrogen and oxygen atoms in total. The van der Waals surface area contributed by atoms with E-state index in [1.807, 2.05) is 19.9 Å². The number of thioether (sulfide) groups is 1. The molecular weight excluding hydrogens is 212 g/mol. The molecule has 0 aliphatic heterocycles. The van der Waals surface area contributed by atoms with E-state index in [0.717, 1.165) is 23.1 Å². The molecule has 1 aromatic heterocycles. The molecule has 5 heteroatoms. The van der Waals surface area contributed by atoms with Crippen LogP contribution in [0, 0.1) is 13.8 Å². The monoisotopic (exact) mass is 225 g/mol. The number of aryl methyl sites for hydroxylation is 2. The van der Waals surface area contributed by atoms with Crippen molar-refractivity contribution in [2.45, 2.75) is 37.6 Å². The van der Waals surface area contributed by atoms with Crippen LogP contribution in [0.15, 0.2) is 11.2 Å². The molecule has 0 fully saturated rings. The molecule has 1 rings (SSSR count). The summed E-state index contributed by atoms with van der Waals surface area (Å²) in [6, 6.07) is 1.85. The minimum absolute atomic E-state index is 0.503. The highest BCUT2D eigenvalue weighted by atomic mass is 32.2. The van der Waals surface area contributed by atoms with Gasteiger partial charge in [0.05, 0.1) is 11.2 Å². The maximum Gasteiger partial charge on any atom is 0.188 e. The Hall–Kier alpha value is -1.10. The summed E-state index contributed by atoms with van der Waals surface area (Å²) in [4.78, 5) is 19.0. The number of carbonyl (C=O) groups excluding carboxylic acids is 1. The zero-order valence-electron chi connectivity index (χ0n) is 8.98. The van der Waals surface area contributed by atoms with Crippen molar-refractivity contribution in [2.24, 2.45) is 0 Å². The number of aliphatic carboxylic acids is 1. The molecule has 0 N–H and O–H groups in total. The lowest BCUT2D eigenvalue weighted by Crippen LogP contribution is -2.33. The number of carbonyl (C=O) groups is 1. The van der Waals surface area contributed by atoms with Gasteiger partial charge in [-0.2, -0.15) is 0 Å². The minimum atomic E-state index is -1.06. The fourth-order valence-corrected chi connectivity index (χ4v) is 2.08. The number of hydrogen-bond acceptors (Lipinski definition) is 5. The highest BCUT2D eigenvalue weighted by Gasteiger charge is 2.11. The number of carboxylic acid groups (broad SMARTS) is 1. The molecule has 15 heavy (non-hydrogen) atoms. The average molecular weight is 225 g/mol. The van der Waals surface area contributed by atoms with E-state index in [1.54, 1.807) is 6.92 Å². The molecule has 82 valence electrons. The average Bonchev–Trinajstić information content (AvgIpc) is 2.12. The Kier molecular flexibility index (Phi) is 4.08. The van der Waals surface area contributed by atoms with Crippen molar-refractivity contribution in [3.8, 4) is 0 Å². The molecule has 0 radical (unpaired) electrons. The van der Waals surface area contributed by atoms with Gasteiger partial charge in [-0.05, 0) is 26.3 Å². The topological polar surface area (TPSA) is 65.9 Å². The molecule has 0 saturated carbocycles. The fraction of sp³-hybridized carbons (Fsp3) is 0.500. The van der Waals surface area contributed by atoms with Gasteiger partial charge in [0.1, 0.15) is 0 Å². The molecule has 1 aromatic rings. The minimum Gasteiger partial charge on any atom is -0.549 e. The number of aromatic nitrogens is 2. The third-order valence-corrected chi connectivity index (χ3v) is 3.05. The Morgan fingerprint density at radius 1 is 1.47 bits per heavy atom. The van der Waals surface area contributed by atoms with Crippen LogP contribution in [0.25, 0.3) is 0 Å². The van der Waals surface area contributed by atoms with Crippen molar-refractivity contribution < 1.29 is 9.90 Å². The third-order valence-electron chi connectivity index (χ3n) is 1.84. The maximum atomic E-state index is 10.7. The number of nitrogens with zero attached hydrogens (tertiary/aromatic N) is 2. The molecule has 0 spiro atoms. The van der Waals surface area contributed by atoms with Crippen molar-refractivity contribution in [1.29, 1.82) is 0 Å². The van der Waals surface area contributed by atoms with Crippen molar-refractivity contribution >= 4 is 17.7 Å². The summed E-state index contributed by atoms with van der Waals surface area (Å²) in [6.07, 6.45) is 0.503. The fourth-order valence-electron chi connectivity index (χ4n) is 1.17. The van der Waals surface area contributed by atoms with Crippen LogP contribution in [0.3, 0.4) is 0 Å². The summed E-state index contributed by atoms with van der Waals surface area (Å²) in [5, 5.41) is 10.6. The van der Waals surface area contributed by atoms with Crippen LogP contribution in [-0.4, -0.2) is 21.2 Å². The summed E-state index contributed by atoms with van der Waals surface area (Å²) in [7, 11) is 0. The SMILES string of the molecule is CC[C@@H](Sc1nc(C)cc(C)n1)C(=O)[O-]. The van der Waals surface area contributed by atoms with Crippen LogP contribution in [0.5, 0.6) is 0 Å². The van der Waals surface area contributed by atoms with Gasteiger partial charge < -0.3 is 9.90 Å². The standard InChI is InChI=1S/C10H14N2O2S/c1-4-8(9(13)14)15-10-11-6(2)5-7(3)12-10/h5,8H,4H2,1-3H3,(H,13,14)/p-1/t8-/m1/s1. The number of rotatable bonds is 4. The zero-order valence-corrected chi connectivity index (χ0v) is 9.80. The predicted octanol–water partition coefficient (Wildman–Crippen LogP) is 0.714. The second-order valence-electron chi connectivity index (χ2n) is 3.27. The van der Waals surface area contributed by atoms with E-state index in [-0.39, 0.29) is 0 Å². The molecular formula is C10H13N2O2S-. The molecule has 0 saturated heterocycles. The lowest BCUT2D eigenvalue weighted by molar-refractivity contribution is -0.304. The van der Waals surface area contributed by atoms with Crippen LogP contribution in [0.4, 0.5) is 0 Å². The van der Waals surface area contributed by atoms with E-state index in [2.05, 4.69) is 9.97 Å². The van der Waals surface area contributed by atoms with Crippen molar-refractivity contribution in [2.75, 3.05) is 0 Å². The van der Waals surface area contributed by atoms with Crippen molar-refractivity contribution in [1.82, 2.24) is 9.97 Å². The van der Waals surface area contributed by atoms with Crippen LogP contribution < -0.4 is 5.11 Å². The first-order valence-corrected chi connectivity index (χ1v) is 5.60. The Bertz CT molecular complexity index is 348. The lowest BCUT2D eigenvalue weighted by Gasteiger charge is -2.14. The number of carboxylic acids is 1. The van der Waals surface area contributed by atoms with E-state index in [1.165, 1.54) is 0 Å². The Morgan fingerprint density at radius 3 is 2.40 bits per heavy atom. The lowest BCUT2D eigenvalue weighted by atomic mass is 10.3. The van der Waals surface area contributed by atoms with Gasteiger partial charge in [0.25, 0.3) is 0 Å². The molecule has 0 aliphatic carbocycles. The molecule has 0 unspecified atom stereocenters. The normalized spacial score (nSPS) is 12.5. The summed E-state index contributed by atoms with van der Waals surface area (Å²) in [5.74, 6) is -1.06. The van der Waals surface area contributed by atoms with Gasteiger partial charge in [-0.25, -0.2) is 9.97 Å². The van der Waals surface area contributed by atoms with Crippen LogP contribution in [-0.2, 0) is 4.79 Å². The summed E-state index contributed by atoms with van der Waals surface area (Å²) < 4.78 is 0. The van der Waals surface area contributed by atoms with Crippen LogP contribution in [0.2, 0.25) is 0 Å². The molecule has 1 atom stereocenters. The Morgan fingerprint density at radius 2 is 2.00 bits per heavy atom. The Labute approximate surface area is 93.1 Å². The maximum absolute atomic E-state index is 10.7. The van der Waals surface area contributed by atoms with Gasteiger partial charge in [0.2, 0.25) is 0 Å². The first kappa shape index (κ1) is 12.0. The van der Waals surface area contributed by atoms with Gasteiger partial charge in [-0.3, -0.25) is 0 Å². The molecule has 1 heterocycles. The highest BCUT2D eigenvalue weighted by Crippen LogP contribution is 2.21. The highest BCUT2D eigenvalue weighted by molar-refractivity contribution is 8.00. The van der Waals surface area contributed by atoms with Gasteiger partial charge in [0, 0.05) is 11.4 Å². The van der Waals surface area contributed by atoms with E-state index in [0.29, 0.717) is 11.6 Å². The van der Waals surface area contributed by atoms with Crippen LogP contribution in [0.1, 0.15) is 24.7 Å². The summed E-state index contributed by atoms with van der Waals surface area (Å²) in [5.41, 5.74) is 1.69. The van der Waals surface area contributed by atoms with Gasteiger partial charge in [-0.1, -0.05) is 18.7 Å². The quantitative estimate of drug-likeness (QED) is 0.558. The second-order valence-corrected chi connectivity index (χ2v) is 4.44. The molecule has 0 aromatic carbocycles. The van der Waals surface area contributed by atoms with Crippen LogP contribution >= 0.6 is 11.8 Å². The first-order valence-electron chi connectivity index (χ1n) is 4.72. The molecule has 0 aliphatic rings. The van der Waals surface area contributed by atoms with Gasteiger partial charge in [0.15, 0.2) is 5.16 Å². The predicted molar refractivity (Wildman–Crippen MR) is 56.4 cm³/mol. The van der Waals surface area contributed by atoms with Crippen molar-refractivity contribution in [3.05, 3.63) is 17.5 Å². The van der Waals surface area contributed by atoms with Crippen molar-refractivity contribution in [3.63, 3.8) is 0 Å². The summed E-state index contributed by atoms with van der Waals surface area (Å²) in [6.45, 7) is 5.52. The smallest absolute Gasteiger partial charge is 0.188 e. The van der Waals surface area contributed by atoms with E-state index in [4.69, 9.17) is 0 Å². The molecule has 0 amide bonds. The van der Waals surface area contributed by atoms with E-state index < -0.39 is 11.2 Å². The van der Waals surface area contributed by atoms with E-state index in [9.17, 15) is 9.90 Å².